The summed E-state index contributed by atoms with van der Waals surface area (Å²) in [5.74, 6) is 0.308. The van der Waals surface area contributed by atoms with Crippen LogP contribution in [0.4, 0.5) is 5.13 Å². The van der Waals surface area contributed by atoms with Gasteiger partial charge in [-0.2, -0.15) is 0 Å². The van der Waals surface area contributed by atoms with Gasteiger partial charge in [-0.15, -0.1) is 16.4 Å². The molecule has 1 fully saturated rings. The highest BCUT2D eigenvalue weighted by molar-refractivity contribution is 7.15. The Bertz CT molecular complexity index is 853. The number of amides is 1. The zero-order chi connectivity index (χ0) is 17.1. The van der Waals surface area contributed by atoms with Gasteiger partial charge in [-0.1, -0.05) is 18.2 Å². The summed E-state index contributed by atoms with van der Waals surface area (Å²) in [6.07, 6.45) is 5.62. The van der Waals surface area contributed by atoms with Gasteiger partial charge in [0.25, 0.3) is 5.91 Å². The minimum absolute atomic E-state index is 0.127. The predicted octanol–water partition coefficient (Wildman–Crippen LogP) is 2.44. The SMILES string of the molecule is O=C(Nc1ncc(C2CCNCC2)s1)c1ncn(-c2ccccc2)n1. The number of nitrogens with one attached hydrogen (secondary N) is 2. The Kier molecular flexibility index (Phi) is 4.53. The average Bonchev–Trinajstić information content (AvgIpc) is 3.33. The number of anilines is 1. The fourth-order valence-electron chi connectivity index (χ4n) is 2.86. The smallest absolute Gasteiger partial charge is 0.297 e. The van der Waals surface area contributed by atoms with Crippen LogP contribution in [0.3, 0.4) is 0 Å². The van der Waals surface area contributed by atoms with Crippen molar-refractivity contribution in [3.8, 4) is 5.69 Å². The molecule has 128 valence electrons. The van der Waals surface area contributed by atoms with Crippen LogP contribution in [0.25, 0.3) is 5.69 Å². The highest BCUT2D eigenvalue weighted by Gasteiger charge is 2.19. The number of thiazole rings is 1. The molecule has 1 aliphatic heterocycles. The van der Waals surface area contributed by atoms with E-state index in [2.05, 4.69) is 25.7 Å². The fourth-order valence-corrected chi connectivity index (χ4v) is 3.84. The van der Waals surface area contributed by atoms with E-state index in [0.29, 0.717) is 11.0 Å². The lowest BCUT2D eigenvalue weighted by molar-refractivity contribution is 0.101. The van der Waals surface area contributed by atoms with Crippen molar-refractivity contribution in [3.05, 3.63) is 53.6 Å². The molecule has 3 aromatic rings. The number of piperidine rings is 1. The third kappa shape index (κ3) is 3.59. The number of benzene rings is 1. The molecule has 0 radical (unpaired) electrons. The highest BCUT2D eigenvalue weighted by atomic mass is 32.1. The molecule has 0 aliphatic carbocycles. The minimum Gasteiger partial charge on any atom is -0.317 e. The van der Waals surface area contributed by atoms with Crippen molar-refractivity contribution in [1.29, 1.82) is 0 Å². The van der Waals surface area contributed by atoms with Crippen molar-refractivity contribution < 1.29 is 4.79 Å². The second kappa shape index (κ2) is 7.12. The van der Waals surface area contributed by atoms with E-state index in [1.807, 2.05) is 36.5 Å². The lowest BCUT2D eigenvalue weighted by Gasteiger charge is -2.20. The van der Waals surface area contributed by atoms with Crippen molar-refractivity contribution in [2.45, 2.75) is 18.8 Å². The van der Waals surface area contributed by atoms with Crippen molar-refractivity contribution in [2.75, 3.05) is 18.4 Å². The van der Waals surface area contributed by atoms with Crippen LogP contribution in [0.2, 0.25) is 0 Å². The molecule has 3 heterocycles. The molecule has 2 aromatic heterocycles. The van der Waals surface area contributed by atoms with Gasteiger partial charge in [0, 0.05) is 11.1 Å². The first-order valence-corrected chi connectivity index (χ1v) is 9.06. The van der Waals surface area contributed by atoms with Crippen molar-refractivity contribution in [1.82, 2.24) is 25.1 Å². The molecule has 1 saturated heterocycles. The summed E-state index contributed by atoms with van der Waals surface area (Å²) in [4.78, 5) is 22.0. The fraction of sp³-hybridized carbons (Fsp3) is 0.294. The van der Waals surface area contributed by atoms with E-state index in [0.717, 1.165) is 31.6 Å². The van der Waals surface area contributed by atoms with Gasteiger partial charge in [0.1, 0.15) is 6.33 Å². The number of hydrogen-bond donors (Lipinski definition) is 2. The van der Waals surface area contributed by atoms with Gasteiger partial charge >= 0.3 is 0 Å². The molecule has 4 rings (SSSR count). The zero-order valence-corrected chi connectivity index (χ0v) is 14.4. The first kappa shape index (κ1) is 15.9. The molecular weight excluding hydrogens is 336 g/mol. The number of hydrogen-bond acceptors (Lipinski definition) is 6. The first-order valence-electron chi connectivity index (χ1n) is 8.24. The van der Waals surface area contributed by atoms with Crippen molar-refractivity contribution in [3.63, 3.8) is 0 Å². The van der Waals surface area contributed by atoms with E-state index in [-0.39, 0.29) is 11.7 Å². The summed E-state index contributed by atoms with van der Waals surface area (Å²) in [7, 11) is 0. The molecule has 0 unspecified atom stereocenters. The molecule has 0 bridgehead atoms. The maximum Gasteiger partial charge on any atom is 0.297 e. The zero-order valence-electron chi connectivity index (χ0n) is 13.6. The molecule has 1 amide bonds. The van der Waals surface area contributed by atoms with Crippen LogP contribution < -0.4 is 10.6 Å². The molecule has 8 heteroatoms. The van der Waals surface area contributed by atoms with E-state index in [1.54, 1.807) is 4.68 Å². The van der Waals surface area contributed by atoms with Gasteiger partial charge in [-0.25, -0.2) is 14.6 Å². The number of para-hydroxylation sites is 1. The minimum atomic E-state index is -0.346. The highest BCUT2D eigenvalue weighted by Crippen LogP contribution is 2.31. The number of nitrogens with zero attached hydrogens (tertiary/aromatic N) is 4. The molecule has 7 nitrogen and oxygen atoms in total. The first-order chi connectivity index (χ1) is 12.3. The predicted molar refractivity (Wildman–Crippen MR) is 96.3 cm³/mol. The van der Waals surface area contributed by atoms with Crippen LogP contribution in [0.5, 0.6) is 0 Å². The van der Waals surface area contributed by atoms with Crippen LogP contribution in [-0.4, -0.2) is 38.7 Å². The van der Waals surface area contributed by atoms with E-state index >= 15 is 0 Å². The quantitative estimate of drug-likeness (QED) is 0.752. The maximum absolute atomic E-state index is 12.4. The summed E-state index contributed by atoms with van der Waals surface area (Å²) in [6, 6.07) is 9.56. The van der Waals surface area contributed by atoms with Gasteiger partial charge in [-0.3, -0.25) is 10.1 Å². The van der Waals surface area contributed by atoms with Gasteiger partial charge < -0.3 is 5.32 Å². The van der Waals surface area contributed by atoms with Gasteiger partial charge in [-0.05, 0) is 44.0 Å². The molecule has 1 aromatic carbocycles. The molecule has 25 heavy (non-hydrogen) atoms. The summed E-state index contributed by atoms with van der Waals surface area (Å²) < 4.78 is 1.58. The summed E-state index contributed by atoms with van der Waals surface area (Å²) in [6.45, 7) is 2.07. The van der Waals surface area contributed by atoms with Crippen LogP contribution in [0.1, 0.15) is 34.3 Å². The van der Waals surface area contributed by atoms with Crippen LogP contribution in [0, 0.1) is 0 Å². The molecule has 0 atom stereocenters. The lowest BCUT2D eigenvalue weighted by Crippen LogP contribution is -2.26. The molecule has 1 aliphatic rings. The molecular formula is C17H18N6OS. The summed E-state index contributed by atoms with van der Waals surface area (Å²) >= 11 is 1.53. The van der Waals surface area contributed by atoms with Gasteiger partial charge in [0.05, 0.1) is 5.69 Å². The van der Waals surface area contributed by atoms with Crippen molar-refractivity contribution in [2.24, 2.45) is 0 Å². The number of rotatable bonds is 4. The van der Waals surface area contributed by atoms with Crippen LogP contribution in [0.15, 0.2) is 42.9 Å². The Morgan fingerprint density at radius 3 is 2.80 bits per heavy atom. The Hall–Kier alpha value is -2.58. The van der Waals surface area contributed by atoms with Crippen molar-refractivity contribution >= 4 is 22.4 Å². The average molecular weight is 354 g/mol. The Morgan fingerprint density at radius 1 is 1.20 bits per heavy atom. The molecule has 0 saturated carbocycles. The topological polar surface area (TPSA) is 84.7 Å². The summed E-state index contributed by atoms with van der Waals surface area (Å²) in [5.41, 5.74) is 0.858. The Morgan fingerprint density at radius 2 is 2.00 bits per heavy atom. The third-order valence-electron chi connectivity index (χ3n) is 4.20. The van der Waals surface area contributed by atoms with Crippen LogP contribution in [-0.2, 0) is 0 Å². The lowest BCUT2D eigenvalue weighted by atomic mass is 9.97. The molecule has 0 spiro atoms. The summed E-state index contributed by atoms with van der Waals surface area (Å²) in [5, 5.41) is 11.0. The number of aromatic nitrogens is 4. The van der Waals surface area contributed by atoms with E-state index in [4.69, 9.17) is 0 Å². The van der Waals surface area contributed by atoms with E-state index in [9.17, 15) is 4.79 Å². The monoisotopic (exact) mass is 354 g/mol. The molecule has 2 N–H and O–H groups in total. The van der Waals surface area contributed by atoms with E-state index in [1.165, 1.54) is 22.5 Å². The largest absolute Gasteiger partial charge is 0.317 e. The normalized spacial score (nSPS) is 15.2. The standard InChI is InChI=1S/C17H18N6OS/c24-16(15-20-11-23(22-15)13-4-2-1-3-5-13)21-17-19-10-14(25-17)12-6-8-18-9-7-12/h1-5,10-12,18H,6-9H2,(H,19,21,24). The van der Waals surface area contributed by atoms with Gasteiger partial charge in [0.2, 0.25) is 5.82 Å². The number of carbonyl (C=O) groups is 1. The number of carbonyl (C=O) groups excluding carboxylic acids is 1. The third-order valence-corrected chi connectivity index (χ3v) is 5.28. The Labute approximate surface area is 149 Å². The van der Waals surface area contributed by atoms with Gasteiger partial charge in [0.15, 0.2) is 5.13 Å². The van der Waals surface area contributed by atoms with Crippen LogP contribution >= 0.6 is 11.3 Å². The second-order valence-corrected chi connectivity index (χ2v) is 6.96. The maximum atomic E-state index is 12.4. The second-order valence-electron chi connectivity index (χ2n) is 5.89. The Balaban J connectivity index is 1.44. The van der Waals surface area contributed by atoms with E-state index < -0.39 is 0 Å².